The summed E-state index contributed by atoms with van der Waals surface area (Å²) in [5, 5.41) is 3.06. The number of rotatable bonds is 6. The van der Waals surface area contributed by atoms with E-state index in [9.17, 15) is 4.79 Å². The summed E-state index contributed by atoms with van der Waals surface area (Å²) >= 11 is 0. The predicted octanol–water partition coefficient (Wildman–Crippen LogP) is 2.96. The lowest BCUT2D eigenvalue weighted by atomic mass is 10.1. The zero-order chi connectivity index (χ0) is 17.6. The van der Waals surface area contributed by atoms with Crippen molar-refractivity contribution in [2.45, 2.75) is 31.7 Å². The minimum atomic E-state index is -0.155. The number of carbonyl (C=O) groups excluding carboxylic acids is 1. The normalized spacial score (nSPS) is 14.2. The topological polar surface area (TPSA) is 82.6 Å². The van der Waals surface area contributed by atoms with Crippen LogP contribution in [0, 0.1) is 0 Å². The Hall–Kier alpha value is -2.83. The van der Waals surface area contributed by atoms with E-state index in [-0.39, 0.29) is 18.0 Å². The monoisotopic (exact) mass is 343 g/mol. The van der Waals surface area contributed by atoms with Crippen LogP contribution in [0.25, 0.3) is 0 Å². The summed E-state index contributed by atoms with van der Waals surface area (Å²) < 4.78 is 16.0. The molecule has 1 aliphatic carbocycles. The number of nitrogens with one attached hydrogen (secondary N) is 1. The molecule has 7 nitrogen and oxygen atoms in total. The largest absolute Gasteiger partial charge is 0.481 e. The van der Waals surface area contributed by atoms with Crippen molar-refractivity contribution < 1.29 is 19.0 Å². The number of para-hydroxylation sites is 1. The standard InChI is InChI=1S/C18H21N3O4/c1-23-15-11-16(24-2)21-18(20-15)25-14-10-6-5-9-13(14)17(22)19-12-7-3-4-8-12/h5-6,9-12H,3-4,7-8H2,1-2H3,(H,19,22). The molecule has 132 valence electrons. The molecule has 1 fully saturated rings. The molecule has 0 radical (unpaired) electrons. The number of aromatic nitrogens is 2. The van der Waals surface area contributed by atoms with Crippen molar-refractivity contribution in [1.29, 1.82) is 0 Å². The van der Waals surface area contributed by atoms with Crippen molar-refractivity contribution in [2.24, 2.45) is 0 Å². The zero-order valence-electron chi connectivity index (χ0n) is 14.3. The molecule has 3 rings (SSSR count). The van der Waals surface area contributed by atoms with Crippen LogP contribution in [-0.2, 0) is 0 Å². The lowest BCUT2D eigenvalue weighted by molar-refractivity contribution is 0.0935. The second kappa shape index (κ2) is 7.83. The molecule has 0 saturated heterocycles. The summed E-state index contributed by atoms with van der Waals surface area (Å²) in [6.07, 6.45) is 4.34. The fraction of sp³-hybridized carbons (Fsp3) is 0.389. The average Bonchev–Trinajstić information content (AvgIpc) is 3.14. The first-order valence-corrected chi connectivity index (χ1v) is 8.24. The molecule has 1 saturated carbocycles. The van der Waals surface area contributed by atoms with Gasteiger partial charge in [-0.1, -0.05) is 25.0 Å². The highest BCUT2D eigenvalue weighted by Gasteiger charge is 2.20. The number of benzene rings is 1. The van der Waals surface area contributed by atoms with Gasteiger partial charge >= 0.3 is 6.01 Å². The van der Waals surface area contributed by atoms with E-state index in [0.29, 0.717) is 23.1 Å². The van der Waals surface area contributed by atoms with Crippen molar-refractivity contribution in [1.82, 2.24) is 15.3 Å². The molecule has 0 bridgehead atoms. The van der Waals surface area contributed by atoms with Gasteiger partial charge in [0, 0.05) is 6.04 Å². The molecule has 2 aromatic rings. The van der Waals surface area contributed by atoms with Crippen LogP contribution in [0.2, 0.25) is 0 Å². The van der Waals surface area contributed by atoms with Crippen molar-refractivity contribution in [3.05, 3.63) is 35.9 Å². The molecular weight excluding hydrogens is 322 g/mol. The summed E-state index contributed by atoms with van der Waals surface area (Å²) in [6, 6.07) is 8.84. The maximum absolute atomic E-state index is 12.6. The van der Waals surface area contributed by atoms with Crippen LogP contribution in [0.1, 0.15) is 36.0 Å². The zero-order valence-corrected chi connectivity index (χ0v) is 14.3. The molecule has 1 aliphatic rings. The molecule has 0 aliphatic heterocycles. The Balaban J connectivity index is 1.82. The van der Waals surface area contributed by atoms with Gasteiger partial charge in [-0.15, -0.1) is 0 Å². The summed E-state index contributed by atoms with van der Waals surface area (Å²) in [4.78, 5) is 20.8. The second-order valence-corrected chi connectivity index (χ2v) is 5.79. The summed E-state index contributed by atoms with van der Waals surface area (Å²) in [5.41, 5.74) is 0.444. The van der Waals surface area contributed by atoms with Crippen LogP contribution in [0.15, 0.2) is 30.3 Å². The van der Waals surface area contributed by atoms with Crippen molar-refractivity contribution >= 4 is 5.91 Å². The maximum atomic E-state index is 12.6. The Labute approximate surface area is 146 Å². The van der Waals surface area contributed by atoms with Gasteiger partial charge in [-0.25, -0.2) is 0 Å². The Kier molecular flexibility index (Phi) is 5.33. The lowest BCUT2D eigenvalue weighted by Gasteiger charge is -2.14. The van der Waals surface area contributed by atoms with Gasteiger partial charge in [0.05, 0.1) is 25.8 Å². The van der Waals surface area contributed by atoms with E-state index < -0.39 is 0 Å². The highest BCUT2D eigenvalue weighted by atomic mass is 16.5. The smallest absolute Gasteiger partial charge is 0.328 e. The van der Waals surface area contributed by atoms with Crippen LogP contribution in [0.4, 0.5) is 0 Å². The van der Waals surface area contributed by atoms with E-state index in [0.717, 1.165) is 25.7 Å². The van der Waals surface area contributed by atoms with Gasteiger partial charge in [0.25, 0.3) is 5.91 Å². The van der Waals surface area contributed by atoms with E-state index in [1.165, 1.54) is 14.2 Å². The number of hydrogen-bond acceptors (Lipinski definition) is 6. The van der Waals surface area contributed by atoms with Gasteiger partial charge in [-0.3, -0.25) is 4.79 Å². The molecule has 1 aromatic heterocycles. The fourth-order valence-corrected chi connectivity index (χ4v) is 2.81. The number of amides is 1. The van der Waals surface area contributed by atoms with Gasteiger partial charge in [0.15, 0.2) is 0 Å². The third-order valence-electron chi connectivity index (χ3n) is 4.10. The first-order valence-electron chi connectivity index (χ1n) is 8.24. The molecule has 7 heteroatoms. The number of methoxy groups -OCH3 is 2. The molecule has 1 amide bonds. The van der Waals surface area contributed by atoms with Crippen molar-refractivity contribution in [3.63, 3.8) is 0 Å². The third kappa shape index (κ3) is 4.17. The Morgan fingerprint density at radius 3 is 2.36 bits per heavy atom. The molecule has 1 heterocycles. The summed E-state index contributed by atoms with van der Waals surface area (Å²) in [6.45, 7) is 0. The van der Waals surface area contributed by atoms with Crippen LogP contribution in [-0.4, -0.2) is 36.1 Å². The highest BCUT2D eigenvalue weighted by molar-refractivity contribution is 5.97. The predicted molar refractivity (Wildman–Crippen MR) is 91.4 cm³/mol. The number of nitrogens with zero attached hydrogens (tertiary/aromatic N) is 2. The summed E-state index contributed by atoms with van der Waals surface area (Å²) in [7, 11) is 2.99. The van der Waals surface area contributed by atoms with Crippen molar-refractivity contribution in [3.8, 4) is 23.5 Å². The van der Waals surface area contributed by atoms with E-state index in [2.05, 4.69) is 15.3 Å². The Morgan fingerprint density at radius 1 is 1.08 bits per heavy atom. The van der Waals surface area contributed by atoms with Gasteiger partial charge in [-0.05, 0) is 25.0 Å². The third-order valence-corrected chi connectivity index (χ3v) is 4.10. The minimum absolute atomic E-state index is 0.0531. The van der Waals surface area contributed by atoms with Crippen LogP contribution >= 0.6 is 0 Å². The van der Waals surface area contributed by atoms with E-state index in [1.807, 2.05) is 0 Å². The highest BCUT2D eigenvalue weighted by Crippen LogP contribution is 2.27. The fourth-order valence-electron chi connectivity index (χ4n) is 2.81. The lowest BCUT2D eigenvalue weighted by Crippen LogP contribution is -2.32. The molecule has 1 aromatic carbocycles. The van der Waals surface area contributed by atoms with Gasteiger partial charge < -0.3 is 19.5 Å². The van der Waals surface area contributed by atoms with E-state index >= 15 is 0 Å². The SMILES string of the molecule is COc1cc(OC)nc(Oc2ccccc2C(=O)NC2CCCC2)n1. The van der Waals surface area contributed by atoms with Crippen LogP contribution < -0.4 is 19.5 Å². The molecular formula is C18H21N3O4. The molecule has 0 atom stereocenters. The first-order chi connectivity index (χ1) is 12.2. The molecule has 0 unspecified atom stereocenters. The number of hydrogen-bond donors (Lipinski definition) is 1. The van der Waals surface area contributed by atoms with Gasteiger partial charge in [0.2, 0.25) is 11.8 Å². The average molecular weight is 343 g/mol. The summed E-state index contributed by atoms with van der Waals surface area (Å²) in [5.74, 6) is 0.857. The molecule has 1 N–H and O–H groups in total. The van der Waals surface area contributed by atoms with Crippen molar-refractivity contribution in [2.75, 3.05) is 14.2 Å². The van der Waals surface area contributed by atoms with Gasteiger partial charge in [0.1, 0.15) is 5.75 Å². The first kappa shape index (κ1) is 17.0. The Bertz CT molecular complexity index is 723. The molecule has 25 heavy (non-hydrogen) atoms. The number of ether oxygens (including phenoxy) is 3. The van der Waals surface area contributed by atoms with Crippen LogP contribution in [0.5, 0.6) is 23.5 Å². The number of carbonyl (C=O) groups is 1. The minimum Gasteiger partial charge on any atom is -0.481 e. The second-order valence-electron chi connectivity index (χ2n) is 5.79. The Morgan fingerprint density at radius 2 is 1.72 bits per heavy atom. The van der Waals surface area contributed by atoms with E-state index in [4.69, 9.17) is 14.2 Å². The van der Waals surface area contributed by atoms with E-state index in [1.54, 1.807) is 30.3 Å². The maximum Gasteiger partial charge on any atom is 0.328 e. The quantitative estimate of drug-likeness (QED) is 0.868. The molecule has 0 spiro atoms. The van der Waals surface area contributed by atoms with Crippen LogP contribution in [0.3, 0.4) is 0 Å². The van der Waals surface area contributed by atoms with Gasteiger partial charge in [-0.2, -0.15) is 9.97 Å².